The van der Waals surface area contributed by atoms with Crippen molar-refractivity contribution in [2.24, 2.45) is 0 Å². The van der Waals surface area contributed by atoms with Gasteiger partial charge in [0.1, 0.15) is 17.3 Å². The average molecular weight is 508 g/mol. The van der Waals surface area contributed by atoms with Gasteiger partial charge in [-0.05, 0) is 60.7 Å². The molecule has 0 spiro atoms. The molecule has 37 heavy (non-hydrogen) atoms. The highest BCUT2D eigenvalue weighted by molar-refractivity contribution is 6.04. The number of hydrogen-bond donors (Lipinski definition) is 1. The van der Waals surface area contributed by atoms with E-state index in [9.17, 15) is 27.2 Å². The van der Waals surface area contributed by atoms with E-state index >= 15 is 0 Å². The smallest absolute Gasteiger partial charge is 0.416 e. The Labute approximate surface area is 209 Å². The zero-order valence-corrected chi connectivity index (χ0v) is 19.3. The van der Waals surface area contributed by atoms with E-state index in [0.29, 0.717) is 30.2 Å². The minimum atomic E-state index is -4.53. The summed E-state index contributed by atoms with van der Waals surface area (Å²) in [5, 5.41) is 2.65. The Kier molecular flexibility index (Phi) is 6.29. The first-order valence-corrected chi connectivity index (χ1v) is 11.4. The largest absolute Gasteiger partial charge is 0.461 e. The van der Waals surface area contributed by atoms with Crippen molar-refractivity contribution in [3.63, 3.8) is 0 Å². The highest BCUT2D eigenvalue weighted by Gasteiger charge is 2.32. The fourth-order valence-electron chi connectivity index (χ4n) is 4.22. The van der Waals surface area contributed by atoms with Gasteiger partial charge in [-0.25, -0.2) is 4.39 Å². The van der Waals surface area contributed by atoms with Gasteiger partial charge < -0.3 is 14.6 Å². The summed E-state index contributed by atoms with van der Waals surface area (Å²) in [5.41, 5.74) is 1.04. The summed E-state index contributed by atoms with van der Waals surface area (Å²) in [6.07, 6.45) is -4.10. The van der Waals surface area contributed by atoms with Gasteiger partial charge in [-0.2, -0.15) is 13.2 Å². The molecule has 1 N–H and O–H groups in total. The molecule has 2 amide bonds. The lowest BCUT2D eigenvalue weighted by atomic mass is 10.0. The molecule has 0 unspecified atom stereocenters. The Balaban J connectivity index is 1.28. The van der Waals surface area contributed by atoms with Gasteiger partial charge in [0.05, 0.1) is 11.1 Å². The maximum absolute atomic E-state index is 13.8. The summed E-state index contributed by atoms with van der Waals surface area (Å²) < 4.78 is 58.9. The van der Waals surface area contributed by atoms with Crippen LogP contribution in [0.25, 0.3) is 11.3 Å². The molecule has 1 aliphatic heterocycles. The molecule has 5 rings (SSSR count). The standard InChI is InChI=1S/C28H20F4N2O3/c29-23-7-2-1-6-22(23)26(35)33-21-10-8-17(9-11-21)25-15-19-16-34(13-12-24(19)37-25)27(36)18-4-3-5-20(14-18)28(30,31)32/h1-11,14-15H,12-13,16H2,(H,33,35). The van der Waals surface area contributed by atoms with Crippen LogP contribution in [0.15, 0.2) is 83.3 Å². The number of nitrogens with zero attached hydrogens (tertiary/aromatic N) is 1. The third-order valence-electron chi connectivity index (χ3n) is 6.14. The number of nitrogens with one attached hydrogen (secondary N) is 1. The highest BCUT2D eigenvalue weighted by Crippen LogP contribution is 2.32. The van der Waals surface area contributed by atoms with Gasteiger partial charge in [0.2, 0.25) is 0 Å². The van der Waals surface area contributed by atoms with Crippen molar-refractivity contribution in [1.29, 1.82) is 0 Å². The molecule has 4 aromatic rings. The van der Waals surface area contributed by atoms with Crippen molar-refractivity contribution in [2.75, 3.05) is 11.9 Å². The number of carbonyl (C=O) groups is 2. The molecule has 0 saturated carbocycles. The van der Waals surface area contributed by atoms with Crippen LogP contribution in [0.2, 0.25) is 0 Å². The van der Waals surface area contributed by atoms with Crippen LogP contribution in [-0.2, 0) is 19.1 Å². The van der Waals surface area contributed by atoms with E-state index in [2.05, 4.69) is 5.32 Å². The van der Waals surface area contributed by atoms with Crippen molar-refractivity contribution in [1.82, 2.24) is 4.90 Å². The van der Waals surface area contributed by atoms with Crippen molar-refractivity contribution in [3.8, 4) is 11.3 Å². The molecular weight excluding hydrogens is 488 g/mol. The first-order valence-electron chi connectivity index (χ1n) is 11.4. The lowest BCUT2D eigenvalue weighted by molar-refractivity contribution is -0.137. The van der Waals surface area contributed by atoms with E-state index in [1.165, 1.54) is 35.2 Å². The van der Waals surface area contributed by atoms with E-state index < -0.39 is 29.4 Å². The summed E-state index contributed by atoms with van der Waals surface area (Å²) in [5.74, 6) is -0.386. The van der Waals surface area contributed by atoms with E-state index in [1.807, 2.05) is 0 Å². The number of benzene rings is 3. The third-order valence-corrected chi connectivity index (χ3v) is 6.14. The fraction of sp³-hybridized carbons (Fsp3) is 0.143. The van der Waals surface area contributed by atoms with Gasteiger partial charge in [-0.15, -0.1) is 0 Å². The number of amides is 2. The fourth-order valence-corrected chi connectivity index (χ4v) is 4.22. The summed E-state index contributed by atoms with van der Waals surface area (Å²) >= 11 is 0. The van der Waals surface area contributed by atoms with E-state index in [4.69, 9.17) is 4.42 Å². The Morgan fingerprint density at radius 2 is 1.68 bits per heavy atom. The maximum atomic E-state index is 13.8. The van der Waals surface area contributed by atoms with Gasteiger partial charge in [-0.3, -0.25) is 9.59 Å². The first-order chi connectivity index (χ1) is 17.7. The van der Waals surface area contributed by atoms with Crippen LogP contribution in [0, 0.1) is 5.82 Å². The predicted molar refractivity (Wildman–Crippen MR) is 128 cm³/mol. The average Bonchev–Trinajstić information content (AvgIpc) is 3.32. The summed E-state index contributed by atoms with van der Waals surface area (Å²) in [6, 6.07) is 18.7. The van der Waals surface area contributed by atoms with Crippen molar-refractivity contribution < 1.29 is 31.6 Å². The Morgan fingerprint density at radius 3 is 2.41 bits per heavy atom. The van der Waals surface area contributed by atoms with Crippen LogP contribution in [-0.4, -0.2) is 23.3 Å². The molecule has 0 saturated heterocycles. The van der Waals surface area contributed by atoms with Crippen molar-refractivity contribution in [3.05, 3.63) is 113 Å². The molecular formula is C28H20F4N2O3. The Bertz CT molecular complexity index is 1480. The highest BCUT2D eigenvalue weighted by atomic mass is 19.4. The number of halogens is 4. The number of anilines is 1. The Hall–Kier alpha value is -4.40. The number of hydrogen-bond acceptors (Lipinski definition) is 3. The monoisotopic (exact) mass is 508 g/mol. The number of rotatable bonds is 4. The molecule has 3 aromatic carbocycles. The number of alkyl halides is 3. The van der Waals surface area contributed by atoms with E-state index in [1.54, 1.807) is 36.4 Å². The van der Waals surface area contributed by atoms with Gasteiger partial charge in [0, 0.05) is 41.9 Å². The molecule has 2 heterocycles. The van der Waals surface area contributed by atoms with Crippen LogP contribution >= 0.6 is 0 Å². The van der Waals surface area contributed by atoms with E-state index in [-0.39, 0.29) is 17.7 Å². The molecule has 5 nitrogen and oxygen atoms in total. The number of carbonyl (C=O) groups excluding carboxylic acids is 2. The van der Waals surface area contributed by atoms with Crippen LogP contribution in [0.4, 0.5) is 23.2 Å². The van der Waals surface area contributed by atoms with Crippen LogP contribution in [0.1, 0.15) is 37.6 Å². The molecule has 9 heteroatoms. The van der Waals surface area contributed by atoms with Crippen molar-refractivity contribution >= 4 is 17.5 Å². The number of furan rings is 1. The third kappa shape index (κ3) is 5.11. The second-order valence-corrected chi connectivity index (χ2v) is 8.63. The number of fused-ring (bicyclic) bond motifs is 1. The van der Waals surface area contributed by atoms with Crippen LogP contribution < -0.4 is 5.32 Å². The molecule has 1 aromatic heterocycles. The second kappa shape index (κ2) is 9.57. The van der Waals surface area contributed by atoms with Crippen LogP contribution in [0.5, 0.6) is 0 Å². The normalized spacial score (nSPS) is 13.2. The van der Waals surface area contributed by atoms with Crippen LogP contribution in [0.3, 0.4) is 0 Å². The lowest BCUT2D eigenvalue weighted by Gasteiger charge is -2.26. The van der Waals surface area contributed by atoms with Gasteiger partial charge in [0.25, 0.3) is 11.8 Å². The van der Waals surface area contributed by atoms with Gasteiger partial charge >= 0.3 is 6.18 Å². The maximum Gasteiger partial charge on any atom is 0.416 e. The minimum absolute atomic E-state index is 0.0185. The van der Waals surface area contributed by atoms with E-state index in [0.717, 1.165) is 23.3 Å². The van der Waals surface area contributed by atoms with Gasteiger partial charge in [-0.1, -0.05) is 18.2 Å². The molecule has 0 bridgehead atoms. The molecule has 0 aliphatic carbocycles. The zero-order chi connectivity index (χ0) is 26.2. The van der Waals surface area contributed by atoms with Gasteiger partial charge in [0.15, 0.2) is 0 Å². The molecule has 0 fully saturated rings. The summed E-state index contributed by atoms with van der Waals surface area (Å²) in [4.78, 5) is 26.7. The topological polar surface area (TPSA) is 62.6 Å². The summed E-state index contributed by atoms with van der Waals surface area (Å²) in [7, 11) is 0. The Morgan fingerprint density at radius 1 is 0.919 bits per heavy atom. The molecule has 1 aliphatic rings. The van der Waals surface area contributed by atoms with Crippen molar-refractivity contribution in [2.45, 2.75) is 19.1 Å². The quantitative estimate of drug-likeness (QED) is 0.318. The summed E-state index contributed by atoms with van der Waals surface area (Å²) in [6.45, 7) is 0.529. The molecule has 0 radical (unpaired) electrons. The lowest BCUT2D eigenvalue weighted by Crippen LogP contribution is -2.35. The second-order valence-electron chi connectivity index (χ2n) is 8.63. The predicted octanol–water partition coefficient (Wildman–Crippen LogP) is 6.56. The SMILES string of the molecule is O=C(Nc1ccc(-c2cc3c(o2)CCN(C(=O)c2cccc(C(F)(F)F)c2)C3)cc1)c1ccccc1F. The molecule has 0 atom stereocenters. The first kappa shape index (κ1) is 24.3. The zero-order valence-electron chi connectivity index (χ0n) is 19.3. The minimum Gasteiger partial charge on any atom is -0.461 e. The molecule has 188 valence electrons.